The van der Waals surface area contributed by atoms with E-state index >= 15 is 0 Å². The van der Waals surface area contributed by atoms with Gasteiger partial charge in [0.25, 0.3) is 5.91 Å². The molecule has 2 aromatic carbocycles. The van der Waals surface area contributed by atoms with Crippen LogP contribution in [-0.4, -0.2) is 45.1 Å². The standard InChI is InChI=1S/C19H22N2O5/c1-21(11-12-5-7-13(8-6-12)18(20)22)19(23)14-9-15(24-2)17(26-4)16(10-14)25-3/h5-10H,11H2,1-4H3,(H2,20,22). The van der Waals surface area contributed by atoms with Crippen LogP contribution in [0, 0.1) is 0 Å². The molecule has 2 amide bonds. The molecule has 0 heterocycles. The zero-order valence-corrected chi connectivity index (χ0v) is 15.2. The van der Waals surface area contributed by atoms with Crippen molar-refractivity contribution in [1.82, 2.24) is 4.90 Å². The molecule has 0 aromatic heterocycles. The summed E-state index contributed by atoms with van der Waals surface area (Å²) in [4.78, 5) is 25.4. The Balaban J connectivity index is 2.23. The molecule has 0 radical (unpaired) electrons. The predicted octanol–water partition coefficient (Wildman–Crippen LogP) is 2.08. The number of rotatable bonds is 7. The quantitative estimate of drug-likeness (QED) is 0.818. The van der Waals surface area contributed by atoms with Crippen molar-refractivity contribution in [3.05, 3.63) is 53.1 Å². The molecule has 0 atom stereocenters. The highest BCUT2D eigenvalue weighted by Gasteiger charge is 2.19. The summed E-state index contributed by atoms with van der Waals surface area (Å²) < 4.78 is 15.8. The summed E-state index contributed by atoms with van der Waals surface area (Å²) in [5.41, 5.74) is 6.94. The van der Waals surface area contributed by atoms with Crippen molar-refractivity contribution >= 4 is 11.8 Å². The van der Waals surface area contributed by atoms with E-state index < -0.39 is 5.91 Å². The third-order valence-electron chi connectivity index (χ3n) is 3.92. The highest BCUT2D eigenvalue weighted by molar-refractivity contribution is 5.95. The molecular formula is C19H22N2O5. The fraction of sp³-hybridized carbons (Fsp3) is 0.263. The maximum Gasteiger partial charge on any atom is 0.254 e. The van der Waals surface area contributed by atoms with E-state index in [0.717, 1.165) is 5.56 Å². The number of methoxy groups -OCH3 is 3. The van der Waals surface area contributed by atoms with Crippen LogP contribution in [0.5, 0.6) is 17.2 Å². The lowest BCUT2D eigenvalue weighted by molar-refractivity contribution is 0.0784. The molecule has 0 aliphatic rings. The smallest absolute Gasteiger partial charge is 0.254 e. The van der Waals surface area contributed by atoms with Crippen molar-refractivity contribution in [3.8, 4) is 17.2 Å². The first-order valence-corrected chi connectivity index (χ1v) is 7.85. The van der Waals surface area contributed by atoms with Crippen LogP contribution in [0.2, 0.25) is 0 Å². The van der Waals surface area contributed by atoms with Crippen molar-refractivity contribution in [3.63, 3.8) is 0 Å². The largest absolute Gasteiger partial charge is 0.493 e. The Bertz CT molecular complexity index is 777. The lowest BCUT2D eigenvalue weighted by Gasteiger charge is -2.19. The summed E-state index contributed by atoms with van der Waals surface area (Å²) >= 11 is 0. The van der Waals surface area contributed by atoms with Crippen LogP contribution in [0.3, 0.4) is 0 Å². The number of primary amides is 1. The van der Waals surface area contributed by atoms with Crippen molar-refractivity contribution in [2.45, 2.75) is 6.54 Å². The number of ether oxygens (including phenoxy) is 3. The molecule has 0 fully saturated rings. The first-order valence-electron chi connectivity index (χ1n) is 7.85. The molecule has 0 bridgehead atoms. The molecule has 2 aromatic rings. The molecular weight excluding hydrogens is 336 g/mol. The van der Waals surface area contributed by atoms with Crippen LogP contribution >= 0.6 is 0 Å². The van der Waals surface area contributed by atoms with Gasteiger partial charge in [-0.25, -0.2) is 0 Å². The molecule has 0 saturated heterocycles. The van der Waals surface area contributed by atoms with Gasteiger partial charge in [0, 0.05) is 24.7 Å². The zero-order chi connectivity index (χ0) is 19.3. The molecule has 0 saturated carbocycles. The monoisotopic (exact) mass is 358 g/mol. The zero-order valence-electron chi connectivity index (χ0n) is 15.2. The number of benzene rings is 2. The van der Waals surface area contributed by atoms with Crippen LogP contribution in [0.25, 0.3) is 0 Å². The topological polar surface area (TPSA) is 91.1 Å². The minimum atomic E-state index is -0.488. The summed E-state index contributed by atoms with van der Waals surface area (Å²) in [6, 6.07) is 10.0. The second-order valence-electron chi connectivity index (χ2n) is 5.64. The molecule has 2 N–H and O–H groups in total. The van der Waals surface area contributed by atoms with E-state index in [1.807, 2.05) is 0 Å². The molecule has 7 nitrogen and oxygen atoms in total. The number of nitrogens with two attached hydrogens (primary N) is 1. The highest BCUT2D eigenvalue weighted by Crippen LogP contribution is 2.38. The summed E-state index contributed by atoms with van der Waals surface area (Å²) in [6.07, 6.45) is 0. The summed E-state index contributed by atoms with van der Waals surface area (Å²) in [6.45, 7) is 0.370. The number of hydrogen-bond acceptors (Lipinski definition) is 5. The molecule has 0 unspecified atom stereocenters. The van der Waals surface area contributed by atoms with Crippen molar-refractivity contribution in [1.29, 1.82) is 0 Å². The van der Waals surface area contributed by atoms with Gasteiger partial charge in [-0.2, -0.15) is 0 Å². The van der Waals surface area contributed by atoms with E-state index in [1.54, 1.807) is 48.3 Å². The van der Waals surface area contributed by atoms with Gasteiger partial charge in [0.1, 0.15) is 0 Å². The van der Waals surface area contributed by atoms with Crippen molar-refractivity contribution in [2.24, 2.45) is 5.73 Å². The maximum atomic E-state index is 12.8. The second-order valence-corrected chi connectivity index (χ2v) is 5.64. The Morgan fingerprint density at radius 1 is 0.923 bits per heavy atom. The minimum absolute atomic E-state index is 0.205. The summed E-state index contributed by atoms with van der Waals surface area (Å²) in [5, 5.41) is 0. The second kappa shape index (κ2) is 8.24. The number of amides is 2. The number of carbonyl (C=O) groups excluding carboxylic acids is 2. The highest BCUT2D eigenvalue weighted by atomic mass is 16.5. The van der Waals surface area contributed by atoms with E-state index in [1.165, 1.54) is 21.3 Å². The van der Waals surface area contributed by atoms with Crippen LogP contribution in [-0.2, 0) is 6.54 Å². The Kier molecular flexibility index (Phi) is 6.06. The molecule has 138 valence electrons. The Hall–Kier alpha value is -3.22. The van der Waals surface area contributed by atoms with E-state index in [9.17, 15) is 9.59 Å². The van der Waals surface area contributed by atoms with E-state index in [-0.39, 0.29) is 5.91 Å². The molecule has 0 aliphatic carbocycles. The summed E-state index contributed by atoms with van der Waals surface area (Å²) in [5.74, 6) is 0.557. The molecule has 2 rings (SSSR count). The average molecular weight is 358 g/mol. The lowest BCUT2D eigenvalue weighted by Crippen LogP contribution is -2.26. The SMILES string of the molecule is COc1cc(C(=O)N(C)Cc2ccc(C(N)=O)cc2)cc(OC)c1OC. The first-order chi connectivity index (χ1) is 12.4. The van der Waals surface area contributed by atoms with Crippen LogP contribution in [0.1, 0.15) is 26.3 Å². The number of carbonyl (C=O) groups is 2. The van der Waals surface area contributed by atoms with Gasteiger partial charge in [0.2, 0.25) is 11.7 Å². The molecule has 0 spiro atoms. The molecule has 7 heteroatoms. The normalized spacial score (nSPS) is 10.2. The van der Waals surface area contributed by atoms with E-state index in [2.05, 4.69) is 0 Å². The average Bonchev–Trinajstić information content (AvgIpc) is 2.66. The first kappa shape index (κ1) is 19.1. The number of nitrogens with zero attached hydrogens (tertiary/aromatic N) is 1. The minimum Gasteiger partial charge on any atom is -0.493 e. The third kappa shape index (κ3) is 4.05. The van der Waals surface area contributed by atoms with Gasteiger partial charge in [-0.1, -0.05) is 12.1 Å². The van der Waals surface area contributed by atoms with Crippen molar-refractivity contribution in [2.75, 3.05) is 28.4 Å². The van der Waals surface area contributed by atoms with Gasteiger partial charge >= 0.3 is 0 Å². The van der Waals surface area contributed by atoms with E-state index in [4.69, 9.17) is 19.9 Å². The lowest BCUT2D eigenvalue weighted by atomic mass is 10.1. The number of hydrogen-bond donors (Lipinski definition) is 1. The van der Waals surface area contributed by atoms with Gasteiger partial charge in [-0.05, 0) is 29.8 Å². The van der Waals surface area contributed by atoms with Crippen LogP contribution in [0.4, 0.5) is 0 Å². The van der Waals surface area contributed by atoms with Gasteiger partial charge in [-0.3, -0.25) is 9.59 Å². The molecule has 26 heavy (non-hydrogen) atoms. The van der Waals surface area contributed by atoms with Crippen molar-refractivity contribution < 1.29 is 23.8 Å². The van der Waals surface area contributed by atoms with Gasteiger partial charge in [0.15, 0.2) is 11.5 Å². The van der Waals surface area contributed by atoms with Crippen LogP contribution < -0.4 is 19.9 Å². The Labute approximate surface area is 152 Å². The maximum absolute atomic E-state index is 12.8. The predicted molar refractivity (Wildman–Crippen MR) is 96.9 cm³/mol. The van der Waals surface area contributed by atoms with Gasteiger partial charge in [0.05, 0.1) is 21.3 Å². The fourth-order valence-corrected chi connectivity index (χ4v) is 2.55. The third-order valence-corrected chi connectivity index (χ3v) is 3.92. The summed E-state index contributed by atoms with van der Waals surface area (Å²) in [7, 11) is 6.18. The van der Waals surface area contributed by atoms with Gasteiger partial charge in [-0.15, -0.1) is 0 Å². The van der Waals surface area contributed by atoms with E-state index in [0.29, 0.717) is 34.9 Å². The Morgan fingerprint density at radius 3 is 1.88 bits per heavy atom. The van der Waals surface area contributed by atoms with Gasteiger partial charge < -0.3 is 24.8 Å². The van der Waals surface area contributed by atoms with Crippen LogP contribution in [0.15, 0.2) is 36.4 Å². The molecule has 0 aliphatic heterocycles. The fourth-order valence-electron chi connectivity index (χ4n) is 2.55. The Morgan fingerprint density at radius 2 is 1.46 bits per heavy atom.